The lowest BCUT2D eigenvalue weighted by Crippen LogP contribution is -2.32. The van der Waals surface area contributed by atoms with Crippen molar-refractivity contribution in [1.29, 1.82) is 0 Å². The molecule has 1 amide bonds. The van der Waals surface area contributed by atoms with Crippen molar-refractivity contribution in [1.82, 2.24) is 24.3 Å². The van der Waals surface area contributed by atoms with E-state index in [4.69, 9.17) is 17.3 Å². The highest BCUT2D eigenvalue weighted by Gasteiger charge is 2.47. The third-order valence-corrected chi connectivity index (χ3v) is 6.51. The first-order valence-corrected chi connectivity index (χ1v) is 11.2. The number of hydrogen-bond donors (Lipinski definition) is 3. The van der Waals surface area contributed by atoms with Crippen LogP contribution >= 0.6 is 11.6 Å². The number of anilines is 2. The van der Waals surface area contributed by atoms with Gasteiger partial charge < -0.3 is 20.6 Å². The van der Waals surface area contributed by atoms with Crippen LogP contribution < -0.4 is 11.1 Å². The maximum atomic E-state index is 13.1. The van der Waals surface area contributed by atoms with Gasteiger partial charge in [0.1, 0.15) is 28.5 Å². The fraction of sp³-hybridized carbons (Fsp3) is 0.261. The molecule has 0 saturated heterocycles. The Bertz CT molecular complexity index is 1520. The predicted molar refractivity (Wildman–Crippen MR) is 126 cm³/mol. The average molecular weight is 518 g/mol. The Morgan fingerprint density at radius 3 is 2.75 bits per heavy atom. The summed E-state index contributed by atoms with van der Waals surface area (Å²) in [6, 6.07) is 4.46. The van der Waals surface area contributed by atoms with E-state index in [0.29, 0.717) is 22.5 Å². The first kappa shape index (κ1) is 23.8. The van der Waals surface area contributed by atoms with Crippen LogP contribution in [0.2, 0.25) is 5.02 Å². The molecule has 4 aromatic rings. The number of aromatic hydroxyl groups is 1. The van der Waals surface area contributed by atoms with Crippen molar-refractivity contribution in [3.05, 3.63) is 58.6 Å². The van der Waals surface area contributed by atoms with E-state index in [2.05, 4.69) is 25.3 Å². The molecule has 0 bridgehead atoms. The molecule has 1 atom stereocenters. The Morgan fingerprint density at radius 2 is 2.03 bits per heavy atom. The van der Waals surface area contributed by atoms with Gasteiger partial charge in [0.25, 0.3) is 0 Å². The Labute approximate surface area is 207 Å². The van der Waals surface area contributed by atoms with Crippen molar-refractivity contribution >= 4 is 34.8 Å². The van der Waals surface area contributed by atoms with Gasteiger partial charge in [0, 0.05) is 25.0 Å². The normalized spacial score (nSPS) is 17.4. The zero-order valence-corrected chi connectivity index (χ0v) is 19.5. The third-order valence-electron chi connectivity index (χ3n) is 6.19. The van der Waals surface area contributed by atoms with E-state index >= 15 is 0 Å². The number of nitrogens with one attached hydrogen (secondary N) is 1. The first-order chi connectivity index (χ1) is 17.0. The fourth-order valence-corrected chi connectivity index (χ4v) is 4.47. The topological polar surface area (TPSA) is 131 Å². The highest BCUT2D eigenvalue weighted by atomic mass is 35.5. The minimum absolute atomic E-state index is 0.0106. The van der Waals surface area contributed by atoms with Gasteiger partial charge in [-0.05, 0) is 37.5 Å². The number of nitrogens with two attached hydrogens (primary N) is 1. The lowest BCUT2D eigenvalue weighted by molar-refractivity contribution is -0.135. The summed E-state index contributed by atoms with van der Waals surface area (Å²) in [4.78, 5) is 30.6. The molecule has 4 heterocycles. The van der Waals surface area contributed by atoms with Crippen LogP contribution in [0.4, 0.5) is 24.8 Å². The molecular weight excluding hydrogens is 499 g/mol. The average Bonchev–Trinajstić information content (AvgIpc) is 3.37. The van der Waals surface area contributed by atoms with Gasteiger partial charge >= 0.3 is 6.18 Å². The van der Waals surface area contributed by atoms with Crippen LogP contribution in [0.15, 0.2) is 36.8 Å². The molecule has 3 aromatic heterocycles. The number of alkyl halides is 3. The lowest BCUT2D eigenvalue weighted by Gasteiger charge is -2.23. The number of rotatable bonds is 5. The predicted octanol–water partition coefficient (Wildman–Crippen LogP) is 4.27. The molecule has 1 aliphatic heterocycles. The van der Waals surface area contributed by atoms with E-state index in [1.807, 2.05) is 0 Å². The van der Waals surface area contributed by atoms with Gasteiger partial charge in [-0.15, -0.1) is 0 Å². The first-order valence-electron chi connectivity index (χ1n) is 10.9. The molecule has 0 spiro atoms. The number of benzene rings is 1. The number of fused-ring (bicyclic) bond motifs is 2. The van der Waals surface area contributed by atoms with Gasteiger partial charge in [-0.2, -0.15) is 13.2 Å². The van der Waals surface area contributed by atoms with Gasteiger partial charge in [0.2, 0.25) is 5.91 Å². The number of nitrogen functional groups attached to an aromatic ring is 1. The largest absolute Gasteiger partial charge is 0.506 e. The number of carbonyl (C=O) groups excluding carboxylic acids is 1. The second-order valence-corrected chi connectivity index (χ2v) is 9.01. The van der Waals surface area contributed by atoms with E-state index in [1.165, 1.54) is 18.3 Å². The van der Waals surface area contributed by atoms with Crippen molar-refractivity contribution in [2.24, 2.45) is 0 Å². The molecule has 0 saturated carbocycles. The SMILES string of the molecule is C[C@@]1(c2ccc(Cl)c(O)c2)C(=O)Nc2nc(-c3cn4ccnc4c(CCCC(F)(F)F)n3)nc(N)c21. The monoisotopic (exact) mass is 517 g/mol. The number of phenolic OH excluding ortho intramolecular Hbond substituents is 1. The van der Waals surface area contributed by atoms with Gasteiger partial charge in [-0.3, -0.25) is 4.79 Å². The number of aromatic nitrogens is 5. The summed E-state index contributed by atoms with van der Waals surface area (Å²) in [7, 11) is 0. The molecule has 186 valence electrons. The Hall–Kier alpha value is -3.93. The highest BCUT2D eigenvalue weighted by Crippen LogP contribution is 2.46. The zero-order valence-electron chi connectivity index (χ0n) is 18.8. The molecule has 0 unspecified atom stereocenters. The summed E-state index contributed by atoms with van der Waals surface area (Å²) in [6.45, 7) is 1.63. The van der Waals surface area contributed by atoms with E-state index in [-0.39, 0.29) is 46.8 Å². The highest BCUT2D eigenvalue weighted by molar-refractivity contribution is 6.32. The maximum absolute atomic E-state index is 13.1. The maximum Gasteiger partial charge on any atom is 0.389 e. The van der Waals surface area contributed by atoms with Crippen LogP contribution in [0.25, 0.3) is 17.2 Å². The second kappa shape index (κ2) is 8.33. The second-order valence-electron chi connectivity index (χ2n) is 8.60. The number of halogens is 4. The lowest BCUT2D eigenvalue weighted by atomic mass is 9.77. The molecular formula is C23H19ClF3N7O2. The van der Waals surface area contributed by atoms with E-state index in [9.17, 15) is 23.1 Å². The van der Waals surface area contributed by atoms with Gasteiger partial charge in [-0.25, -0.2) is 19.9 Å². The van der Waals surface area contributed by atoms with Crippen molar-refractivity contribution < 1.29 is 23.1 Å². The van der Waals surface area contributed by atoms with Crippen molar-refractivity contribution in [2.75, 3.05) is 11.1 Å². The summed E-state index contributed by atoms with van der Waals surface area (Å²) in [6.07, 6.45) is -0.591. The van der Waals surface area contributed by atoms with Gasteiger partial charge in [-0.1, -0.05) is 17.7 Å². The molecule has 1 aromatic carbocycles. The summed E-state index contributed by atoms with van der Waals surface area (Å²) in [5, 5.41) is 12.9. The third kappa shape index (κ3) is 3.96. The number of hydrogen-bond acceptors (Lipinski definition) is 7. The van der Waals surface area contributed by atoms with Crippen LogP contribution in [-0.4, -0.2) is 41.5 Å². The Morgan fingerprint density at radius 1 is 1.25 bits per heavy atom. The quantitative estimate of drug-likeness (QED) is 0.360. The number of phenols is 1. The Kier molecular flexibility index (Phi) is 5.51. The smallest absolute Gasteiger partial charge is 0.389 e. The molecule has 0 fully saturated rings. The van der Waals surface area contributed by atoms with Gasteiger partial charge in [0.15, 0.2) is 11.5 Å². The summed E-state index contributed by atoms with van der Waals surface area (Å²) in [5.41, 5.74) is 6.81. The number of carbonyl (C=O) groups is 1. The van der Waals surface area contributed by atoms with Gasteiger partial charge in [0.05, 0.1) is 16.3 Å². The van der Waals surface area contributed by atoms with Crippen molar-refractivity contribution in [2.45, 2.75) is 37.8 Å². The fourth-order valence-electron chi connectivity index (χ4n) is 4.35. The molecule has 4 N–H and O–H groups in total. The van der Waals surface area contributed by atoms with E-state index in [0.717, 1.165) is 0 Å². The number of amides is 1. The summed E-state index contributed by atoms with van der Waals surface area (Å²) >= 11 is 5.92. The minimum Gasteiger partial charge on any atom is -0.506 e. The van der Waals surface area contributed by atoms with Crippen molar-refractivity contribution in [3.63, 3.8) is 0 Å². The standard InChI is InChI=1S/C23H19ClF3N7O2/c1-22(11-4-5-12(24)15(35)9-11)16-17(28)31-18(32-19(16)33-21(22)36)14-10-34-8-7-29-20(34)13(30-14)3-2-6-23(25,26)27/h4-5,7-10,35H,2-3,6H2,1H3,(H3,28,31,32,33,36)/t22-/m0/s1. The van der Waals surface area contributed by atoms with Crippen LogP contribution in [0.5, 0.6) is 5.75 Å². The number of nitrogens with zero attached hydrogens (tertiary/aromatic N) is 5. The molecule has 13 heteroatoms. The molecule has 5 rings (SSSR count). The van der Waals surface area contributed by atoms with E-state index in [1.54, 1.807) is 29.8 Å². The van der Waals surface area contributed by atoms with E-state index < -0.39 is 23.9 Å². The Balaban J connectivity index is 1.57. The van der Waals surface area contributed by atoms with Crippen LogP contribution in [0.3, 0.4) is 0 Å². The molecule has 0 aliphatic carbocycles. The molecule has 36 heavy (non-hydrogen) atoms. The van der Waals surface area contributed by atoms with Crippen LogP contribution in [0, 0.1) is 0 Å². The zero-order chi connectivity index (χ0) is 25.8. The summed E-state index contributed by atoms with van der Waals surface area (Å²) in [5.74, 6) is -0.351. The number of aryl methyl sites for hydroxylation is 1. The van der Waals surface area contributed by atoms with Crippen LogP contribution in [0.1, 0.15) is 36.6 Å². The van der Waals surface area contributed by atoms with Crippen LogP contribution in [-0.2, 0) is 16.6 Å². The number of imidazole rings is 1. The summed E-state index contributed by atoms with van der Waals surface area (Å²) < 4.78 is 39.6. The molecule has 1 aliphatic rings. The molecule has 9 nitrogen and oxygen atoms in total. The minimum atomic E-state index is -4.27. The van der Waals surface area contributed by atoms with Crippen molar-refractivity contribution in [3.8, 4) is 17.3 Å². The molecule has 0 radical (unpaired) electrons.